The average Bonchev–Trinajstić information content (AvgIpc) is 2.87. The first kappa shape index (κ1) is 11.5. The van der Waals surface area contributed by atoms with Gasteiger partial charge >= 0.3 is 0 Å². The van der Waals surface area contributed by atoms with E-state index in [1.807, 2.05) is 6.92 Å². The Bertz CT molecular complexity index is 379. The van der Waals surface area contributed by atoms with Crippen LogP contribution in [-0.4, -0.2) is 27.6 Å². The minimum Gasteiger partial charge on any atom is -0.347 e. The van der Waals surface area contributed by atoms with Gasteiger partial charge < -0.3 is 11.1 Å². The average molecular weight is 240 g/mol. The molecule has 1 aromatic rings. The molecule has 5 nitrogen and oxygen atoms in total. The summed E-state index contributed by atoms with van der Waals surface area (Å²) in [5, 5.41) is 6.90. The SMILES string of the molecule is CCc1nnsc1C(=O)NC1CCCC1N. The zero-order valence-corrected chi connectivity index (χ0v) is 10.1. The lowest BCUT2D eigenvalue weighted by Crippen LogP contribution is -2.43. The Labute approximate surface area is 98.6 Å². The van der Waals surface area contributed by atoms with E-state index in [2.05, 4.69) is 14.9 Å². The Morgan fingerprint density at radius 3 is 3.06 bits per heavy atom. The number of nitrogens with two attached hydrogens (primary N) is 1. The largest absolute Gasteiger partial charge is 0.347 e. The summed E-state index contributed by atoms with van der Waals surface area (Å²) < 4.78 is 3.81. The summed E-state index contributed by atoms with van der Waals surface area (Å²) in [4.78, 5) is 12.6. The molecule has 1 aliphatic carbocycles. The van der Waals surface area contributed by atoms with E-state index in [0.717, 1.165) is 42.9 Å². The van der Waals surface area contributed by atoms with Gasteiger partial charge in [-0.3, -0.25) is 4.79 Å². The van der Waals surface area contributed by atoms with Gasteiger partial charge in [-0.25, -0.2) is 0 Å². The predicted octanol–water partition coefficient (Wildman–Crippen LogP) is 0.710. The van der Waals surface area contributed by atoms with Gasteiger partial charge in [0.2, 0.25) is 0 Å². The summed E-state index contributed by atoms with van der Waals surface area (Å²) >= 11 is 1.15. The minimum atomic E-state index is -0.0748. The van der Waals surface area contributed by atoms with Crippen molar-refractivity contribution in [1.29, 1.82) is 0 Å². The third-order valence-electron chi connectivity index (χ3n) is 2.98. The van der Waals surface area contributed by atoms with Crippen molar-refractivity contribution in [3.05, 3.63) is 10.6 Å². The van der Waals surface area contributed by atoms with Crippen LogP contribution in [0.15, 0.2) is 0 Å². The van der Waals surface area contributed by atoms with Crippen molar-refractivity contribution in [3.8, 4) is 0 Å². The van der Waals surface area contributed by atoms with Crippen molar-refractivity contribution in [2.24, 2.45) is 5.73 Å². The molecule has 2 atom stereocenters. The second-order valence-electron chi connectivity index (χ2n) is 4.08. The maximum Gasteiger partial charge on any atom is 0.265 e. The molecular formula is C10H16N4OS. The van der Waals surface area contributed by atoms with Gasteiger partial charge in [0.1, 0.15) is 4.88 Å². The highest BCUT2D eigenvalue weighted by molar-refractivity contribution is 7.08. The van der Waals surface area contributed by atoms with Crippen molar-refractivity contribution in [3.63, 3.8) is 0 Å². The number of rotatable bonds is 3. The third-order valence-corrected chi connectivity index (χ3v) is 3.75. The summed E-state index contributed by atoms with van der Waals surface area (Å²) in [6.45, 7) is 1.97. The van der Waals surface area contributed by atoms with Crippen LogP contribution in [0.3, 0.4) is 0 Å². The molecular weight excluding hydrogens is 224 g/mol. The smallest absolute Gasteiger partial charge is 0.265 e. The number of hydrogen-bond acceptors (Lipinski definition) is 5. The van der Waals surface area contributed by atoms with E-state index in [-0.39, 0.29) is 18.0 Å². The molecule has 88 valence electrons. The Kier molecular flexibility index (Phi) is 3.50. The second kappa shape index (κ2) is 4.88. The molecule has 1 heterocycles. The van der Waals surface area contributed by atoms with E-state index in [1.54, 1.807) is 0 Å². The van der Waals surface area contributed by atoms with Gasteiger partial charge in [-0.15, -0.1) is 5.10 Å². The summed E-state index contributed by atoms with van der Waals surface area (Å²) in [7, 11) is 0. The molecule has 16 heavy (non-hydrogen) atoms. The quantitative estimate of drug-likeness (QED) is 0.815. The summed E-state index contributed by atoms with van der Waals surface area (Å²) in [6.07, 6.45) is 3.79. The van der Waals surface area contributed by atoms with Crippen molar-refractivity contribution in [1.82, 2.24) is 14.9 Å². The molecule has 0 radical (unpaired) electrons. The van der Waals surface area contributed by atoms with Crippen LogP contribution in [0.2, 0.25) is 0 Å². The topological polar surface area (TPSA) is 80.9 Å². The molecule has 0 saturated heterocycles. The molecule has 0 spiro atoms. The summed E-state index contributed by atoms with van der Waals surface area (Å²) in [5.74, 6) is -0.0748. The van der Waals surface area contributed by atoms with Gasteiger partial charge in [-0.1, -0.05) is 11.4 Å². The fraction of sp³-hybridized carbons (Fsp3) is 0.700. The Morgan fingerprint density at radius 2 is 2.44 bits per heavy atom. The standard InChI is InChI=1S/C10H16N4OS/c1-2-7-9(16-14-13-7)10(15)12-8-5-3-4-6(8)11/h6,8H,2-5,11H2,1H3,(H,12,15). The van der Waals surface area contributed by atoms with Gasteiger partial charge in [-0.05, 0) is 37.2 Å². The van der Waals surface area contributed by atoms with Crippen LogP contribution in [0.25, 0.3) is 0 Å². The van der Waals surface area contributed by atoms with Crippen molar-refractivity contribution >= 4 is 17.4 Å². The normalized spacial score (nSPS) is 24.6. The molecule has 1 aliphatic rings. The minimum absolute atomic E-state index is 0.0748. The number of nitrogens with one attached hydrogen (secondary N) is 1. The van der Waals surface area contributed by atoms with E-state index in [9.17, 15) is 4.79 Å². The molecule has 0 bridgehead atoms. The van der Waals surface area contributed by atoms with E-state index >= 15 is 0 Å². The van der Waals surface area contributed by atoms with Gasteiger partial charge in [0.25, 0.3) is 5.91 Å². The highest BCUT2D eigenvalue weighted by atomic mass is 32.1. The van der Waals surface area contributed by atoms with Gasteiger partial charge in [0.15, 0.2) is 0 Å². The fourth-order valence-corrected chi connectivity index (χ4v) is 2.67. The molecule has 1 amide bonds. The number of nitrogens with zero attached hydrogens (tertiary/aromatic N) is 2. The molecule has 1 saturated carbocycles. The Hall–Kier alpha value is -1.01. The molecule has 1 aromatic heterocycles. The summed E-state index contributed by atoms with van der Waals surface area (Å²) in [5.41, 5.74) is 6.68. The number of aryl methyl sites for hydroxylation is 1. The van der Waals surface area contributed by atoms with Crippen molar-refractivity contribution in [2.45, 2.75) is 44.7 Å². The zero-order valence-electron chi connectivity index (χ0n) is 9.27. The lowest BCUT2D eigenvalue weighted by Gasteiger charge is -2.16. The fourth-order valence-electron chi connectivity index (χ4n) is 2.01. The number of carbonyl (C=O) groups excluding carboxylic acids is 1. The van der Waals surface area contributed by atoms with E-state index in [1.165, 1.54) is 0 Å². The zero-order chi connectivity index (χ0) is 11.5. The maximum absolute atomic E-state index is 12.0. The molecule has 0 aliphatic heterocycles. The highest BCUT2D eigenvalue weighted by Gasteiger charge is 2.27. The van der Waals surface area contributed by atoms with Gasteiger partial charge in [0, 0.05) is 12.1 Å². The van der Waals surface area contributed by atoms with Gasteiger partial charge in [-0.2, -0.15) is 0 Å². The predicted molar refractivity (Wildman–Crippen MR) is 62.4 cm³/mol. The maximum atomic E-state index is 12.0. The first-order chi connectivity index (χ1) is 7.72. The number of carbonyl (C=O) groups is 1. The van der Waals surface area contributed by atoms with E-state index < -0.39 is 0 Å². The number of hydrogen-bond donors (Lipinski definition) is 2. The lowest BCUT2D eigenvalue weighted by molar-refractivity contribution is 0.0937. The van der Waals surface area contributed by atoms with Gasteiger partial charge in [0.05, 0.1) is 5.69 Å². The second-order valence-corrected chi connectivity index (χ2v) is 4.83. The molecule has 0 aromatic carbocycles. The highest BCUT2D eigenvalue weighted by Crippen LogP contribution is 2.18. The monoisotopic (exact) mass is 240 g/mol. The Morgan fingerprint density at radius 1 is 1.62 bits per heavy atom. The first-order valence-electron chi connectivity index (χ1n) is 5.60. The third kappa shape index (κ3) is 2.22. The van der Waals surface area contributed by atoms with Crippen LogP contribution in [0.1, 0.15) is 41.6 Å². The van der Waals surface area contributed by atoms with Crippen LogP contribution in [0.5, 0.6) is 0 Å². The molecule has 2 rings (SSSR count). The van der Waals surface area contributed by atoms with Crippen LogP contribution < -0.4 is 11.1 Å². The molecule has 1 fully saturated rings. The lowest BCUT2D eigenvalue weighted by atomic mass is 10.2. The molecule has 2 unspecified atom stereocenters. The molecule has 6 heteroatoms. The summed E-state index contributed by atoms with van der Waals surface area (Å²) in [6, 6.07) is 0.203. The van der Waals surface area contributed by atoms with Crippen molar-refractivity contribution < 1.29 is 4.79 Å². The van der Waals surface area contributed by atoms with E-state index in [4.69, 9.17) is 5.73 Å². The number of amides is 1. The molecule has 3 N–H and O–H groups in total. The first-order valence-corrected chi connectivity index (χ1v) is 6.37. The van der Waals surface area contributed by atoms with Crippen LogP contribution >= 0.6 is 11.5 Å². The van der Waals surface area contributed by atoms with Crippen LogP contribution in [0, 0.1) is 0 Å². The van der Waals surface area contributed by atoms with Crippen molar-refractivity contribution in [2.75, 3.05) is 0 Å². The Balaban J connectivity index is 2.02. The van der Waals surface area contributed by atoms with E-state index in [0.29, 0.717) is 4.88 Å². The number of aromatic nitrogens is 2. The van der Waals surface area contributed by atoms with Crippen LogP contribution in [0.4, 0.5) is 0 Å². The van der Waals surface area contributed by atoms with Crippen LogP contribution in [-0.2, 0) is 6.42 Å².